The Morgan fingerprint density at radius 3 is 2.58 bits per heavy atom. The molecule has 0 bridgehead atoms. The lowest BCUT2D eigenvalue weighted by Gasteiger charge is -2.28. The third-order valence-corrected chi connectivity index (χ3v) is 4.50. The van der Waals surface area contributed by atoms with E-state index in [1.807, 2.05) is 36.4 Å². The van der Waals surface area contributed by atoms with Crippen LogP contribution in [0.3, 0.4) is 0 Å². The molecule has 0 saturated heterocycles. The van der Waals surface area contributed by atoms with E-state index in [0.717, 1.165) is 16.7 Å². The van der Waals surface area contributed by atoms with Gasteiger partial charge in [0.25, 0.3) is 0 Å². The number of ether oxygens (including phenoxy) is 2. The highest BCUT2D eigenvalue weighted by molar-refractivity contribution is 5.96. The van der Waals surface area contributed by atoms with E-state index in [1.165, 1.54) is 0 Å². The largest absolute Gasteiger partial charge is 0.497 e. The van der Waals surface area contributed by atoms with Gasteiger partial charge in [-0.15, -0.1) is 10.2 Å². The highest BCUT2D eigenvalue weighted by atomic mass is 16.5. The summed E-state index contributed by atoms with van der Waals surface area (Å²) >= 11 is 0. The maximum Gasteiger partial charge on any atom is 0.225 e. The fraction of sp³-hybridized carbons (Fsp3) is 0.222. The van der Waals surface area contributed by atoms with Crippen molar-refractivity contribution in [3.05, 3.63) is 47.5 Å². The van der Waals surface area contributed by atoms with Crippen LogP contribution in [0.2, 0.25) is 0 Å². The van der Waals surface area contributed by atoms with Crippen molar-refractivity contribution in [2.45, 2.75) is 12.3 Å². The van der Waals surface area contributed by atoms with Gasteiger partial charge in [0.1, 0.15) is 11.5 Å². The zero-order valence-electron chi connectivity index (χ0n) is 14.3. The van der Waals surface area contributed by atoms with Crippen LogP contribution in [0.25, 0.3) is 11.4 Å². The smallest absolute Gasteiger partial charge is 0.225 e. The number of rotatable bonds is 4. The van der Waals surface area contributed by atoms with Gasteiger partial charge in [-0.3, -0.25) is 4.79 Å². The van der Waals surface area contributed by atoms with Gasteiger partial charge in [-0.1, -0.05) is 24.3 Å². The Labute approximate surface area is 149 Å². The Balaban J connectivity index is 1.77. The van der Waals surface area contributed by atoms with E-state index in [0.29, 0.717) is 29.4 Å². The molecule has 0 radical (unpaired) electrons. The van der Waals surface area contributed by atoms with Gasteiger partial charge in [-0.05, 0) is 10.8 Å². The third kappa shape index (κ3) is 2.75. The highest BCUT2D eigenvalue weighted by Gasteiger charge is 2.30. The Bertz CT molecular complexity index is 938. The molecule has 1 atom stereocenters. The number of aromatic nitrogens is 4. The van der Waals surface area contributed by atoms with E-state index in [1.54, 1.807) is 14.2 Å². The molecular formula is C18H17N5O3. The zero-order chi connectivity index (χ0) is 18.1. The Morgan fingerprint density at radius 1 is 1.12 bits per heavy atom. The second-order valence-corrected chi connectivity index (χ2v) is 5.95. The number of benzene rings is 2. The van der Waals surface area contributed by atoms with E-state index in [-0.39, 0.29) is 11.8 Å². The topological polar surface area (TPSA) is 102 Å². The molecule has 2 N–H and O–H groups in total. The van der Waals surface area contributed by atoms with Crippen LogP contribution in [0.15, 0.2) is 36.4 Å². The molecule has 4 rings (SSSR count). The summed E-state index contributed by atoms with van der Waals surface area (Å²) in [5, 5.41) is 16.9. The molecule has 1 aliphatic heterocycles. The van der Waals surface area contributed by atoms with Gasteiger partial charge in [0.15, 0.2) is 0 Å². The van der Waals surface area contributed by atoms with Gasteiger partial charge in [0.05, 0.1) is 19.9 Å². The number of nitrogens with zero attached hydrogens (tertiary/aromatic N) is 3. The number of anilines is 1. The molecule has 0 fully saturated rings. The monoisotopic (exact) mass is 351 g/mol. The molecule has 2 aromatic carbocycles. The maximum atomic E-state index is 12.2. The zero-order valence-corrected chi connectivity index (χ0v) is 14.3. The van der Waals surface area contributed by atoms with Crippen LogP contribution in [0.5, 0.6) is 11.5 Å². The standard InChI is InChI=1S/C18H17N5O3/c1-25-12-7-14-17(15(8-12)26-2)13(9-16(24)19-14)10-3-5-11(6-4-10)18-20-22-23-21-18/h3-8,13H,9H2,1-2H3,(H,19,24)(H,20,21,22,23). The van der Waals surface area contributed by atoms with Crippen LogP contribution in [0.1, 0.15) is 23.5 Å². The predicted octanol–water partition coefficient (Wildman–Crippen LogP) is 2.36. The van der Waals surface area contributed by atoms with Gasteiger partial charge in [-0.2, -0.15) is 5.21 Å². The van der Waals surface area contributed by atoms with E-state index in [4.69, 9.17) is 9.47 Å². The van der Waals surface area contributed by atoms with Crippen LogP contribution < -0.4 is 14.8 Å². The first-order chi connectivity index (χ1) is 12.7. The average Bonchev–Trinajstić information content (AvgIpc) is 3.21. The van der Waals surface area contributed by atoms with Crippen LogP contribution in [-0.4, -0.2) is 40.8 Å². The van der Waals surface area contributed by atoms with Gasteiger partial charge in [0.2, 0.25) is 11.7 Å². The minimum atomic E-state index is -0.112. The molecular weight excluding hydrogens is 334 g/mol. The quantitative estimate of drug-likeness (QED) is 0.748. The summed E-state index contributed by atoms with van der Waals surface area (Å²) < 4.78 is 10.9. The van der Waals surface area contributed by atoms with Crippen LogP contribution in [0.4, 0.5) is 5.69 Å². The maximum absolute atomic E-state index is 12.2. The third-order valence-electron chi connectivity index (χ3n) is 4.50. The van der Waals surface area contributed by atoms with Gasteiger partial charge >= 0.3 is 0 Å². The minimum absolute atomic E-state index is 0.0416. The van der Waals surface area contributed by atoms with Crippen molar-refractivity contribution in [1.82, 2.24) is 20.6 Å². The number of fused-ring (bicyclic) bond motifs is 1. The van der Waals surface area contributed by atoms with Crippen LogP contribution >= 0.6 is 0 Å². The Morgan fingerprint density at radius 2 is 1.92 bits per heavy atom. The molecule has 8 nitrogen and oxygen atoms in total. The molecule has 1 aliphatic rings. The molecule has 26 heavy (non-hydrogen) atoms. The summed E-state index contributed by atoms with van der Waals surface area (Å²) in [6.45, 7) is 0. The Hall–Kier alpha value is -3.42. The fourth-order valence-electron chi connectivity index (χ4n) is 3.27. The number of nitrogens with one attached hydrogen (secondary N) is 2. The van der Waals surface area contributed by atoms with Crippen molar-refractivity contribution in [2.24, 2.45) is 0 Å². The predicted molar refractivity (Wildman–Crippen MR) is 94.2 cm³/mol. The van der Waals surface area contributed by atoms with E-state index in [9.17, 15) is 4.79 Å². The first-order valence-electron chi connectivity index (χ1n) is 8.09. The number of amides is 1. The number of hydrogen-bond acceptors (Lipinski definition) is 6. The number of carbonyl (C=O) groups excluding carboxylic acids is 1. The lowest BCUT2D eigenvalue weighted by molar-refractivity contribution is -0.116. The first kappa shape index (κ1) is 16.1. The summed E-state index contributed by atoms with van der Waals surface area (Å²) in [4.78, 5) is 12.2. The Kier molecular flexibility index (Phi) is 4.00. The van der Waals surface area contributed by atoms with Gasteiger partial charge in [-0.25, -0.2) is 0 Å². The molecule has 2 heterocycles. The van der Waals surface area contributed by atoms with E-state index >= 15 is 0 Å². The van der Waals surface area contributed by atoms with Crippen LogP contribution in [0, 0.1) is 0 Å². The van der Waals surface area contributed by atoms with E-state index in [2.05, 4.69) is 25.9 Å². The second-order valence-electron chi connectivity index (χ2n) is 5.95. The van der Waals surface area contributed by atoms with Crippen molar-refractivity contribution in [3.63, 3.8) is 0 Å². The molecule has 3 aromatic rings. The first-order valence-corrected chi connectivity index (χ1v) is 8.09. The number of carbonyl (C=O) groups is 1. The number of methoxy groups -OCH3 is 2. The molecule has 132 valence electrons. The molecule has 0 saturated carbocycles. The molecule has 1 aromatic heterocycles. The van der Waals surface area contributed by atoms with Crippen LogP contribution in [-0.2, 0) is 4.79 Å². The number of aromatic amines is 1. The van der Waals surface area contributed by atoms with E-state index < -0.39 is 0 Å². The normalized spacial score (nSPS) is 15.9. The second kappa shape index (κ2) is 6.47. The summed E-state index contributed by atoms with van der Waals surface area (Å²) in [6, 6.07) is 11.4. The summed E-state index contributed by atoms with van der Waals surface area (Å²) in [5.74, 6) is 1.69. The average molecular weight is 351 g/mol. The fourth-order valence-corrected chi connectivity index (χ4v) is 3.27. The number of hydrogen-bond donors (Lipinski definition) is 2. The van der Waals surface area contributed by atoms with Crippen molar-refractivity contribution < 1.29 is 14.3 Å². The minimum Gasteiger partial charge on any atom is -0.497 e. The summed E-state index contributed by atoms with van der Waals surface area (Å²) in [5.41, 5.74) is 3.52. The van der Waals surface area contributed by atoms with Gasteiger partial charge < -0.3 is 14.8 Å². The van der Waals surface area contributed by atoms with Crippen molar-refractivity contribution in [2.75, 3.05) is 19.5 Å². The van der Waals surface area contributed by atoms with Crippen molar-refractivity contribution in [3.8, 4) is 22.9 Å². The van der Waals surface area contributed by atoms with Gasteiger partial charge in [0, 0.05) is 35.6 Å². The highest BCUT2D eigenvalue weighted by Crippen LogP contribution is 2.44. The number of H-pyrrole nitrogens is 1. The summed E-state index contributed by atoms with van der Waals surface area (Å²) in [7, 11) is 3.20. The lowest BCUT2D eigenvalue weighted by atomic mass is 9.83. The number of tetrazole rings is 1. The van der Waals surface area contributed by atoms with Crippen molar-refractivity contribution in [1.29, 1.82) is 0 Å². The SMILES string of the molecule is COc1cc2c(c(OC)c1)C(c1ccc(-c3nn[nH]n3)cc1)CC(=O)N2. The summed E-state index contributed by atoms with van der Waals surface area (Å²) in [6.07, 6.45) is 0.344. The molecule has 8 heteroatoms. The lowest BCUT2D eigenvalue weighted by Crippen LogP contribution is -2.24. The molecule has 1 amide bonds. The molecule has 0 aliphatic carbocycles. The van der Waals surface area contributed by atoms with Crippen molar-refractivity contribution >= 4 is 11.6 Å². The molecule has 1 unspecified atom stereocenters. The molecule has 0 spiro atoms.